The average Bonchev–Trinajstić information content (AvgIpc) is 2.48. The third-order valence-electron chi connectivity index (χ3n) is 2.28. The first-order chi connectivity index (χ1) is 9.24. The van der Waals surface area contributed by atoms with Crippen molar-refractivity contribution in [3.8, 4) is 11.9 Å². The molecule has 0 radical (unpaired) electrons. The molecule has 0 spiro atoms. The van der Waals surface area contributed by atoms with Crippen molar-refractivity contribution >= 4 is 11.6 Å². The van der Waals surface area contributed by atoms with Gasteiger partial charge in [0, 0.05) is 12.4 Å². The van der Waals surface area contributed by atoms with Crippen molar-refractivity contribution in [1.29, 1.82) is 0 Å². The van der Waals surface area contributed by atoms with Gasteiger partial charge in [-0.2, -0.15) is 4.98 Å². The van der Waals surface area contributed by atoms with Crippen molar-refractivity contribution in [2.45, 2.75) is 0 Å². The second-order valence-electron chi connectivity index (χ2n) is 3.48. The number of anilines is 1. The van der Waals surface area contributed by atoms with Gasteiger partial charge in [0.05, 0.1) is 26.0 Å². The number of hydrogen-bond acceptors (Lipinski definition) is 6. The average molecular weight is 260 g/mol. The van der Waals surface area contributed by atoms with Gasteiger partial charge in [0.1, 0.15) is 5.69 Å². The van der Waals surface area contributed by atoms with Gasteiger partial charge in [-0.25, -0.2) is 4.98 Å². The van der Waals surface area contributed by atoms with E-state index in [1.165, 1.54) is 26.6 Å². The molecule has 0 saturated heterocycles. The first-order valence-electron chi connectivity index (χ1n) is 5.41. The number of nitrogens with one attached hydrogen (secondary N) is 1. The van der Waals surface area contributed by atoms with Crippen molar-refractivity contribution in [1.82, 2.24) is 15.0 Å². The lowest BCUT2D eigenvalue weighted by Gasteiger charge is -2.09. The number of carbonyl (C=O) groups excluding carboxylic acids is 1. The van der Waals surface area contributed by atoms with E-state index in [1.807, 2.05) is 0 Å². The van der Waals surface area contributed by atoms with Gasteiger partial charge in [0.15, 0.2) is 0 Å². The molecule has 7 nitrogen and oxygen atoms in total. The summed E-state index contributed by atoms with van der Waals surface area (Å²) in [4.78, 5) is 23.7. The number of ether oxygens (including phenoxy) is 2. The summed E-state index contributed by atoms with van der Waals surface area (Å²) in [5.41, 5.74) is 0.789. The molecule has 98 valence electrons. The number of nitrogens with zero attached hydrogens (tertiary/aromatic N) is 3. The van der Waals surface area contributed by atoms with E-state index in [-0.39, 0.29) is 17.8 Å². The highest BCUT2D eigenvalue weighted by molar-refractivity contribution is 6.04. The highest BCUT2D eigenvalue weighted by atomic mass is 16.5. The van der Waals surface area contributed by atoms with Crippen LogP contribution in [0.4, 0.5) is 5.69 Å². The number of rotatable bonds is 4. The van der Waals surface area contributed by atoms with Crippen molar-refractivity contribution in [3.63, 3.8) is 0 Å². The van der Waals surface area contributed by atoms with Gasteiger partial charge in [-0.15, -0.1) is 0 Å². The predicted octanol–water partition coefficient (Wildman–Crippen LogP) is 1.14. The van der Waals surface area contributed by atoms with E-state index < -0.39 is 0 Å². The number of pyridine rings is 1. The van der Waals surface area contributed by atoms with Gasteiger partial charge in [0.2, 0.25) is 5.88 Å². The van der Waals surface area contributed by atoms with Crippen LogP contribution in [0, 0.1) is 0 Å². The molecule has 2 aromatic rings. The van der Waals surface area contributed by atoms with Crippen molar-refractivity contribution in [2.24, 2.45) is 0 Å². The molecular formula is C12H12N4O3. The lowest BCUT2D eigenvalue weighted by Crippen LogP contribution is -2.13. The third-order valence-corrected chi connectivity index (χ3v) is 2.28. The second kappa shape index (κ2) is 5.76. The van der Waals surface area contributed by atoms with E-state index >= 15 is 0 Å². The van der Waals surface area contributed by atoms with Crippen LogP contribution in [0.5, 0.6) is 11.9 Å². The summed E-state index contributed by atoms with van der Waals surface area (Å²) in [6.07, 6.45) is 4.47. The maximum absolute atomic E-state index is 11.9. The van der Waals surface area contributed by atoms with E-state index in [2.05, 4.69) is 20.3 Å². The van der Waals surface area contributed by atoms with Crippen LogP contribution in [0.15, 0.2) is 30.7 Å². The molecule has 0 fully saturated rings. The molecule has 7 heteroatoms. The molecule has 2 rings (SSSR count). The van der Waals surface area contributed by atoms with Crippen LogP contribution >= 0.6 is 0 Å². The normalized spacial score (nSPS) is 9.79. The van der Waals surface area contributed by atoms with Crippen LogP contribution in [-0.4, -0.2) is 35.1 Å². The first-order valence-corrected chi connectivity index (χ1v) is 5.41. The Labute approximate surface area is 109 Å². The molecule has 0 aliphatic heterocycles. The summed E-state index contributed by atoms with van der Waals surface area (Å²) >= 11 is 0. The van der Waals surface area contributed by atoms with Crippen LogP contribution in [0.1, 0.15) is 10.4 Å². The predicted molar refractivity (Wildman–Crippen MR) is 67.3 cm³/mol. The Bertz CT molecular complexity index is 574. The highest BCUT2D eigenvalue weighted by Gasteiger charge is 2.12. The molecular weight excluding hydrogens is 248 g/mol. The van der Waals surface area contributed by atoms with Gasteiger partial charge < -0.3 is 14.8 Å². The molecule has 0 unspecified atom stereocenters. The number of aromatic nitrogens is 3. The number of hydrogen-bond donors (Lipinski definition) is 1. The fraction of sp³-hybridized carbons (Fsp3) is 0.167. The molecule has 0 saturated carbocycles. The Hall–Kier alpha value is -2.70. The third kappa shape index (κ3) is 2.95. The maximum atomic E-state index is 11.9. The monoisotopic (exact) mass is 260 g/mol. The summed E-state index contributed by atoms with van der Waals surface area (Å²) in [5.74, 6) is -0.0933. The van der Waals surface area contributed by atoms with E-state index in [9.17, 15) is 4.79 Å². The molecule has 0 aromatic carbocycles. The lowest BCUT2D eigenvalue weighted by atomic mass is 10.2. The summed E-state index contributed by atoms with van der Waals surface area (Å²) < 4.78 is 9.94. The Morgan fingerprint density at radius 1 is 1.26 bits per heavy atom. The Morgan fingerprint density at radius 3 is 2.74 bits per heavy atom. The van der Waals surface area contributed by atoms with Gasteiger partial charge in [-0.1, -0.05) is 0 Å². The minimum Gasteiger partial charge on any atom is -0.479 e. The highest BCUT2D eigenvalue weighted by Crippen LogP contribution is 2.22. The molecule has 2 heterocycles. The van der Waals surface area contributed by atoms with E-state index in [0.29, 0.717) is 11.3 Å². The summed E-state index contributed by atoms with van der Waals surface area (Å²) in [6, 6.07) is 3.49. The van der Waals surface area contributed by atoms with Gasteiger partial charge in [0.25, 0.3) is 5.91 Å². The van der Waals surface area contributed by atoms with E-state index in [0.717, 1.165) is 0 Å². The number of methoxy groups -OCH3 is 2. The second-order valence-corrected chi connectivity index (χ2v) is 3.48. The quantitative estimate of drug-likeness (QED) is 0.887. The standard InChI is InChI=1S/C12H12N4O3/c1-18-11-9(7-14-12(16-11)19-2)15-10(17)8-4-3-5-13-6-8/h3-7H,1-2H3,(H,15,17). The summed E-state index contributed by atoms with van der Waals surface area (Å²) in [6.45, 7) is 0. The minimum absolute atomic E-state index is 0.163. The smallest absolute Gasteiger partial charge is 0.319 e. The van der Waals surface area contributed by atoms with Gasteiger partial charge >= 0.3 is 6.01 Å². The molecule has 0 aliphatic rings. The number of carbonyl (C=O) groups is 1. The largest absolute Gasteiger partial charge is 0.479 e. The van der Waals surface area contributed by atoms with E-state index in [1.54, 1.807) is 18.3 Å². The molecule has 0 atom stereocenters. The topological polar surface area (TPSA) is 86.2 Å². The van der Waals surface area contributed by atoms with Crippen LogP contribution < -0.4 is 14.8 Å². The fourth-order valence-corrected chi connectivity index (χ4v) is 1.38. The molecule has 19 heavy (non-hydrogen) atoms. The van der Waals surface area contributed by atoms with Crippen LogP contribution in [0.3, 0.4) is 0 Å². The molecule has 2 aromatic heterocycles. The Balaban J connectivity index is 2.21. The Morgan fingerprint density at radius 2 is 2.11 bits per heavy atom. The summed E-state index contributed by atoms with van der Waals surface area (Å²) in [5, 5.41) is 2.64. The maximum Gasteiger partial charge on any atom is 0.319 e. The van der Waals surface area contributed by atoms with Gasteiger partial charge in [-0.3, -0.25) is 9.78 Å². The summed E-state index contributed by atoms with van der Waals surface area (Å²) in [7, 11) is 2.89. The Kier molecular flexibility index (Phi) is 3.87. The zero-order valence-electron chi connectivity index (χ0n) is 10.5. The lowest BCUT2D eigenvalue weighted by molar-refractivity contribution is 0.102. The van der Waals surface area contributed by atoms with Crippen molar-refractivity contribution in [2.75, 3.05) is 19.5 Å². The van der Waals surface area contributed by atoms with Crippen LogP contribution in [-0.2, 0) is 0 Å². The minimum atomic E-state index is -0.319. The molecule has 0 aliphatic carbocycles. The van der Waals surface area contributed by atoms with Crippen LogP contribution in [0.25, 0.3) is 0 Å². The SMILES string of the molecule is COc1ncc(NC(=O)c2cccnc2)c(OC)n1. The van der Waals surface area contributed by atoms with Crippen LogP contribution in [0.2, 0.25) is 0 Å². The molecule has 1 amide bonds. The van der Waals surface area contributed by atoms with E-state index in [4.69, 9.17) is 9.47 Å². The van der Waals surface area contributed by atoms with Crippen molar-refractivity contribution < 1.29 is 14.3 Å². The number of amides is 1. The molecule has 1 N–H and O–H groups in total. The van der Waals surface area contributed by atoms with Crippen molar-refractivity contribution in [3.05, 3.63) is 36.3 Å². The zero-order valence-corrected chi connectivity index (χ0v) is 10.5. The van der Waals surface area contributed by atoms with Gasteiger partial charge in [-0.05, 0) is 12.1 Å². The zero-order chi connectivity index (χ0) is 13.7. The molecule has 0 bridgehead atoms. The fourth-order valence-electron chi connectivity index (χ4n) is 1.38. The first kappa shape index (κ1) is 12.7.